The summed E-state index contributed by atoms with van der Waals surface area (Å²) in [6.07, 6.45) is -2.76. The number of alkyl halides is 3. The van der Waals surface area contributed by atoms with Crippen molar-refractivity contribution < 1.29 is 27.5 Å². The molecule has 1 fully saturated rings. The summed E-state index contributed by atoms with van der Waals surface area (Å²) < 4.78 is 44.6. The summed E-state index contributed by atoms with van der Waals surface area (Å²) in [5.74, 6) is -0.252. The molecule has 6 nitrogen and oxygen atoms in total. The first kappa shape index (κ1) is 22.0. The first-order valence-electron chi connectivity index (χ1n) is 9.14. The van der Waals surface area contributed by atoms with Crippen LogP contribution in [0.3, 0.4) is 0 Å². The number of ether oxygens (including phenoxy) is 1. The molecular formula is C20H20F3N3O3S. The summed E-state index contributed by atoms with van der Waals surface area (Å²) in [5, 5.41) is 5.11. The lowest BCUT2D eigenvalue weighted by molar-refractivity contribution is -0.144. The molecule has 0 aliphatic carbocycles. The van der Waals surface area contributed by atoms with Crippen LogP contribution in [0.1, 0.15) is 18.4 Å². The molecule has 2 aromatic carbocycles. The first-order chi connectivity index (χ1) is 14.3. The van der Waals surface area contributed by atoms with Crippen LogP contribution in [0.5, 0.6) is 0 Å². The third-order valence-corrected chi connectivity index (χ3v) is 5.64. The van der Waals surface area contributed by atoms with Gasteiger partial charge >= 0.3 is 18.2 Å². The van der Waals surface area contributed by atoms with Crippen molar-refractivity contribution in [3.05, 3.63) is 54.1 Å². The normalized spacial score (nSPS) is 16.9. The van der Waals surface area contributed by atoms with Gasteiger partial charge in [0.25, 0.3) is 0 Å². The molecule has 2 amide bonds. The number of esters is 1. The van der Waals surface area contributed by atoms with Crippen LogP contribution < -0.4 is 10.6 Å². The Hall–Kier alpha value is -2.72. The Balaban J connectivity index is 1.54. The zero-order chi connectivity index (χ0) is 21.7. The number of nitrogens with one attached hydrogen (secondary N) is 2. The van der Waals surface area contributed by atoms with E-state index in [1.165, 1.54) is 31.2 Å². The number of carbonyl (C=O) groups excluding carboxylic acids is 2. The molecule has 2 aromatic rings. The molecule has 0 bridgehead atoms. The highest BCUT2D eigenvalue weighted by Crippen LogP contribution is 2.32. The molecule has 1 saturated heterocycles. The lowest BCUT2D eigenvalue weighted by Crippen LogP contribution is -2.31. The average molecular weight is 439 g/mol. The van der Waals surface area contributed by atoms with Crippen LogP contribution in [-0.4, -0.2) is 36.0 Å². The van der Waals surface area contributed by atoms with E-state index in [1.54, 1.807) is 12.1 Å². The van der Waals surface area contributed by atoms with Crippen LogP contribution in [0.2, 0.25) is 0 Å². The fourth-order valence-electron chi connectivity index (χ4n) is 2.99. The average Bonchev–Trinajstić information content (AvgIpc) is 3.16. The van der Waals surface area contributed by atoms with Gasteiger partial charge in [-0.25, -0.2) is 9.10 Å². The monoisotopic (exact) mass is 439 g/mol. The summed E-state index contributed by atoms with van der Waals surface area (Å²) >= 11 is 1.45. The molecule has 0 aromatic heterocycles. The second-order valence-electron chi connectivity index (χ2n) is 6.59. The van der Waals surface area contributed by atoms with Crippen molar-refractivity contribution in [1.82, 2.24) is 4.31 Å². The molecular weight excluding hydrogens is 419 g/mol. The zero-order valence-corrected chi connectivity index (χ0v) is 16.8. The Morgan fingerprint density at radius 2 is 1.60 bits per heavy atom. The second-order valence-corrected chi connectivity index (χ2v) is 7.71. The highest BCUT2D eigenvalue weighted by molar-refractivity contribution is 7.97. The standard InChI is InChI=1S/C20H20F3N3O3S/c1-29-18(27)17-3-2-12-26(17)30-16-10-8-15(9-11-16)25-19(28)24-14-6-4-13(5-7-14)20(21,22)23/h4-11,17H,2-3,12H2,1H3,(H2,24,25,28). The van der Waals surface area contributed by atoms with E-state index in [0.29, 0.717) is 5.69 Å². The number of halogens is 3. The number of hydrogen-bond donors (Lipinski definition) is 2. The molecule has 160 valence electrons. The molecule has 2 N–H and O–H groups in total. The van der Waals surface area contributed by atoms with E-state index < -0.39 is 17.8 Å². The third kappa shape index (κ3) is 5.67. The minimum atomic E-state index is -4.42. The van der Waals surface area contributed by atoms with Crippen LogP contribution in [0, 0.1) is 0 Å². The predicted molar refractivity (Wildman–Crippen MR) is 108 cm³/mol. The number of hydrogen-bond acceptors (Lipinski definition) is 5. The maximum atomic E-state index is 12.6. The zero-order valence-electron chi connectivity index (χ0n) is 16.0. The molecule has 1 aliphatic heterocycles. The Bertz CT molecular complexity index is 889. The van der Waals surface area contributed by atoms with Gasteiger partial charge in [0.2, 0.25) is 0 Å². The van der Waals surface area contributed by atoms with Gasteiger partial charge in [-0.05, 0) is 73.3 Å². The smallest absolute Gasteiger partial charge is 0.416 e. The van der Waals surface area contributed by atoms with Crippen molar-refractivity contribution in [2.75, 3.05) is 24.3 Å². The van der Waals surface area contributed by atoms with Gasteiger partial charge in [0.15, 0.2) is 0 Å². The van der Waals surface area contributed by atoms with Crippen LogP contribution in [-0.2, 0) is 15.7 Å². The number of carbonyl (C=O) groups is 2. The Morgan fingerprint density at radius 3 is 2.13 bits per heavy atom. The first-order valence-corrected chi connectivity index (χ1v) is 9.91. The Kier molecular flexibility index (Phi) is 6.88. The molecule has 1 aliphatic rings. The lowest BCUT2D eigenvalue weighted by atomic mass is 10.2. The van der Waals surface area contributed by atoms with Gasteiger partial charge in [0.05, 0.1) is 12.7 Å². The van der Waals surface area contributed by atoms with Crippen molar-refractivity contribution in [2.45, 2.75) is 30.0 Å². The van der Waals surface area contributed by atoms with E-state index in [0.717, 1.165) is 36.4 Å². The number of rotatable bonds is 5. The third-order valence-electron chi connectivity index (χ3n) is 4.48. The van der Waals surface area contributed by atoms with Gasteiger partial charge in [-0.1, -0.05) is 0 Å². The molecule has 30 heavy (non-hydrogen) atoms. The summed E-state index contributed by atoms with van der Waals surface area (Å²) in [7, 11) is 1.37. The van der Waals surface area contributed by atoms with Gasteiger partial charge in [-0.3, -0.25) is 4.79 Å². The number of urea groups is 1. The largest absolute Gasteiger partial charge is 0.468 e. The summed E-state index contributed by atoms with van der Waals surface area (Å²) in [5.41, 5.74) is -0.0146. The second kappa shape index (κ2) is 9.40. The van der Waals surface area contributed by atoms with Crippen molar-refractivity contribution in [3.8, 4) is 0 Å². The molecule has 10 heteroatoms. The highest BCUT2D eigenvalue weighted by atomic mass is 32.2. The summed E-state index contributed by atoms with van der Waals surface area (Å²) in [6, 6.07) is 10.4. The van der Waals surface area contributed by atoms with Gasteiger partial charge in [0, 0.05) is 22.8 Å². The van der Waals surface area contributed by atoms with E-state index in [-0.39, 0.29) is 17.7 Å². The quantitative estimate of drug-likeness (QED) is 0.507. The number of methoxy groups -OCH3 is 1. The molecule has 1 unspecified atom stereocenters. The Labute approximate surface area is 175 Å². The highest BCUT2D eigenvalue weighted by Gasteiger charge is 2.32. The number of anilines is 2. The topological polar surface area (TPSA) is 70.7 Å². The van der Waals surface area contributed by atoms with Gasteiger partial charge < -0.3 is 15.4 Å². The molecule has 0 spiro atoms. The van der Waals surface area contributed by atoms with E-state index >= 15 is 0 Å². The number of nitrogens with zero attached hydrogens (tertiary/aromatic N) is 1. The van der Waals surface area contributed by atoms with Gasteiger partial charge in [-0.2, -0.15) is 13.2 Å². The van der Waals surface area contributed by atoms with Crippen LogP contribution in [0.15, 0.2) is 53.4 Å². The van der Waals surface area contributed by atoms with E-state index in [9.17, 15) is 22.8 Å². The summed E-state index contributed by atoms with van der Waals surface area (Å²) in [4.78, 5) is 24.8. The predicted octanol–water partition coefficient (Wildman–Crippen LogP) is 4.99. The van der Waals surface area contributed by atoms with E-state index in [4.69, 9.17) is 4.74 Å². The minimum Gasteiger partial charge on any atom is -0.468 e. The van der Waals surface area contributed by atoms with Crippen molar-refractivity contribution in [3.63, 3.8) is 0 Å². The van der Waals surface area contributed by atoms with Crippen LogP contribution in [0.25, 0.3) is 0 Å². The lowest BCUT2D eigenvalue weighted by Gasteiger charge is -2.21. The minimum absolute atomic E-state index is 0.246. The fourth-order valence-corrected chi connectivity index (χ4v) is 4.06. The molecule has 0 radical (unpaired) electrons. The molecule has 3 rings (SSSR count). The SMILES string of the molecule is COC(=O)C1CCCN1Sc1ccc(NC(=O)Nc2ccc(C(F)(F)F)cc2)cc1. The fraction of sp³-hybridized carbons (Fsp3) is 0.300. The van der Waals surface area contributed by atoms with Gasteiger partial charge in [0.1, 0.15) is 6.04 Å². The van der Waals surface area contributed by atoms with Crippen LogP contribution >= 0.6 is 11.9 Å². The molecule has 1 heterocycles. The van der Waals surface area contributed by atoms with Crippen LogP contribution in [0.4, 0.5) is 29.3 Å². The van der Waals surface area contributed by atoms with Crippen molar-refractivity contribution in [2.24, 2.45) is 0 Å². The van der Waals surface area contributed by atoms with Crippen molar-refractivity contribution in [1.29, 1.82) is 0 Å². The van der Waals surface area contributed by atoms with E-state index in [2.05, 4.69) is 10.6 Å². The molecule has 1 atom stereocenters. The molecule has 0 saturated carbocycles. The Morgan fingerprint density at radius 1 is 1.03 bits per heavy atom. The maximum Gasteiger partial charge on any atom is 0.416 e. The number of amides is 2. The van der Waals surface area contributed by atoms with Crippen molar-refractivity contribution >= 4 is 35.3 Å². The maximum absolute atomic E-state index is 12.6. The van der Waals surface area contributed by atoms with Gasteiger partial charge in [-0.15, -0.1) is 0 Å². The summed E-state index contributed by atoms with van der Waals surface area (Å²) in [6.45, 7) is 0.778. The number of benzene rings is 2. The van der Waals surface area contributed by atoms with E-state index in [1.807, 2.05) is 16.4 Å².